The molecule has 22 unspecified atom stereocenters. The monoisotopic (exact) mass is 953 g/mol. The Morgan fingerprint density at radius 3 is 2.40 bits per heavy atom. The molecule has 13 N–H and O–H groups in total. The van der Waals surface area contributed by atoms with Gasteiger partial charge in [-0.25, -0.2) is 4.98 Å². The zero-order valence-electron chi connectivity index (χ0n) is 40.0. The summed E-state index contributed by atoms with van der Waals surface area (Å²) in [6.07, 6.45) is 1.67. The van der Waals surface area contributed by atoms with Crippen LogP contribution in [0.25, 0.3) is 0 Å². The van der Waals surface area contributed by atoms with Crippen molar-refractivity contribution in [3.63, 3.8) is 0 Å². The molecule has 8 aliphatic rings. The molecular weight excluding hydrogens is 877 g/mol. The topological polar surface area (TPSA) is 301 Å². The Morgan fingerprint density at radius 2 is 1.74 bits per heavy atom. The number of aliphatic carboxylic acids is 1. The average Bonchev–Trinajstić information content (AvgIpc) is 3.96. The minimum Gasteiger partial charge on any atom is -0.481 e. The molecule has 17 nitrogen and oxygen atoms in total. The van der Waals surface area contributed by atoms with Gasteiger partial charge in [-0.2, -0.15) is 0 Å². The molecule has 2 saturated heterocycles. The summed E-state index contributed by atoms with van der Waals surface area (Å²) in [5, 5.41) is 105. The van der Waals surface area contributed by atoms with Gasteiger partial charge in [0, 0.05) is 60.0 Å². The molecule has 1 spiro atoms. The van der Waals surface area contributed by atoms with Crippen LogP contribution in [-0.4, -0.2) is 143 Å². The summed E-state index contributed by atoms with van der Waals surface area (Å²) < 4.78 is 12.5. The molecule has 0 aromatic carbocycles. The number of hydrogen-bond acceptors (Lipinski definition) is 14. The van der Waals surface area contributed by atoms with Crippen LogP contribution in [0, 0.1) is 85.8 Å². The van der Waals surface area contributed by atoms with Gasteiger partial charge in [0.05, 0.1) is 49.7 Å². The Morgan fingerprint density at radius 1 is 0.985 bits per heavy atom. The highest BCUT2D eigenvalue weighted by molar-refractivity contribution is 5.82. The first-order chi connectivity index (χ1) is 32.2. The smallest absolute Gasteiger partial charge is 0.310 e. The largest absolute Gasteiger partial charge is 0.481 e. The maximum atomic E-state index is 14.3. The number of rotatable bonds is 12. The van der Waals surface area contributed by atoms with Gasteiger partial charge in [-0.15, -0.1) is 5.92 Å². The predicted octanol–water partition coefficient (Wildman–Crippen LogP) is 1.52. The molecule has 0 radical (unpaired) electrons. The van der Waals surface area contributed by atoms with Gasteiger partial charge in [-0.3, -0.25) is 9.59 Å². The van der Waals surface area contributed by atoms with Crippen molar-refractivity contribution in [2.24, 2.45) is 79.6 Å². The van der Waals surface area contributed by atoms with Gasteiger partial charge in [0.2, 0.25) is 5.91 Å². The lowest BCUT2D eigenvalue weighted by Gasteiger charge is -2.74. The molecular formula is C51H76N4O13. The molecule has 68 heavy (non-hydrogen) atoms. The maximum absolute atomic E-state index is 14.3. The molecule has 1 amide bonds. The summed E-state index contributed by atoms with van der Waals surface area (Å²) in [6.45, 7) is 7.17. The van der Waals surface area contributed by atoms with E-state index in [9.17, 15) is 55.5 Å². The van der Waals surface area contributed by atoms with E-state index in [4.69, 9.17) is 15.2 Å². The molecule has 1 aromatic heterocycles. The molecule has 22 atom stereocenters. The number of aliphatic hydroxyl groups excluding tert-OH is 8. The lowest BCUT2D eigenvalue weighted by atomic mass is 9.30. The highest BCUT2D eigenvalue weighted by Crippen LogP contribution is 2.78. The number of hydrogen-bond donors (Lipinski definition) is 12. The van der Waals surface area contributed by atoms with Crippen LogP contribution in [0.15, 0.2) is 24.2 Å². The number of nitrogens with two attached hydrogens (primary N) is 1. The number of carboxylic acid groups (broad SMARTS) is 1. The third-order valence-corrected chi connectivity index (χ3v) is 20.7. The maximum Gasteiger partial charge on any atom is 0.310 e. The van der Waals surface area contributed by atoms with Crippen molar-refractivity contribution < 1.29 is 65.0 Å². The van der Waals surface area contributed by atoms with E-state index < -0.39 is 130 Å². The second-order valence-corrected chi connectivity index (χ2v) is 23.6. The van der Waals surface area contributed by atoms with Gasteiger partial charge < -0.3 is 71.5 Å². The van der Waals surface area contributed by atoms with E-state index in [1.54, 1.807) is 12.5 Å². The number of carbonyl (C=O) groups excluding carboxylic acids is 1. The van der Waals surface area contributed by atoms with Gasteiger partial charge in [0.25, 0.3) is 0 Å². The zero-order valence-corrected chi connectivity index (χ0v) is 40.0. The van der Waals surface area contributed by atoms with Gasteiger partial charge >= 0.3 is 5.97 Å². The van der Waals surface area contributed by atoms with E-state index >= 15 is 0 Å². The highest BCUT2D eigenvalue weighted by Gasteiger charge is 2.75. The number of aromatic amines is 1. The summed E-state index contributed by atoms with van der Waals surface area (Å²) in [5.74, 6) is 1.43. The Balaban J connectivity index is 1.25. The predicted molar refractivity (Wildman–Crippen MR) is 244 cm³/mol. The molecule has 6 fully saturated rings. The lowest BCUT2D eigenvalue weighted by Crippen LogP contribution is -2.74. The van der Waals surface area contributed by atoms with Crippen LogP contribution in [0.5, 0.6) is 0 Å². The number of fused-ring (bicyclic) bond motifs is 2. The number of carboxylic acids is 1. The third-order valence-electron chi connectivity index (χ3n) is 20.7. The van der Waals surface area contributed by atoms with Crippen molar-refractivity contribution in [1.82, 2.24) is 15.3 Å². The van der Waals surface area contributed by atoms with Crippen LogP contribution >= 0.6 is 0 Å². The molecule has 17 heteroatoms. The van der Waals surface area contributed by atoms with E-state index in [2.05, 4.69) is 54.0 Å². The van der Waals surface area contributed by atoms with Crippen LogP contribution in [0.1, 0.15) is 116 Å². The van der Waals surface area contributed by atoms with Gasteiger partial charge in [-0.05, 0) is 110 Å². The molecule has 6 aliphatic carbocycles. The van der Waals surface area contributed by atoms with Crippen molar-refractivity contribution in [2.45, 2.75) is 160 Å². The van der Waals surface area contributed by atoms with Crippen molar-refractivity contribution in [3.8, 4) is 11.8 Å². The number of nitrogens with zero attached hydrogens (tertiary/aromatic N) is 1. The van der Waals surface area contributed by atoms with E-state index in [1.807, 2.05) is 6.92 Å². The Hall–Kier alpha value is -2.99. The molecule has 3 heterocycles. The van der Waals surface area contributed by atoms with Crippen LogP contribution in [0.4, 0.5) is 0 Å². The summed E-state index contributed by atoms with van der Waals surface area (Å²) in [7, 11) is 0. The van der Waals surface area contributed by atoms with Crippen molar-refractivity contribution in [3.05, 3.63) is 29.9 Å². The summed E-state index contributed by atoms with van der Waals surface area (Å²) in [6, 6.07) is -0.685. The van der Waals surface area contributed by atoms with E-state index in [1.165, 1.54) is 0 Å². The summed E-state index contributed by atoms with van der Waals surface area (Å²) >= 11 is 0. The fraction of sp³-hybridized carbons (Fsp3) is 0.824. The minimum atomic E-state index is -1.69. The number of ether oxygens (including phenoxy) is 2. The third kappa shape index (κ3) is 7.23. The lowest BCUT2D eigenvalue weighted by molar-refractivity contribution is -0.343. The standard InChI is InChI=1S/C51H76N4O13/c1-46(23-57)15-16-50(45(65)66)17-18-51-13-6-5-7-27(36-28(21-56)43(64)55-38(36)26(8-11-35(52)60)31-20-53-25-54-31)37-40(62)42(68-44-41(63)39(61)32(59)22-67-44)47(2,24-58)33-12-14-48(51,3)34(49(33,37)4)10-9-29(51)30(50)19-46/h9,20,25-28,30,32-42,44,56-63H,6,8,10-19,21-24,52H2,1-4H3,(H,53,54)(H,55,64)(H,65,66). The number of carbonyl (C=O) groups is 2. The summed E-state index contributed by atoms with van der Waals surface area (Å²) in [5.41, 5.74) is 3.30. The normalized spacial score (nSPS) is 49.5. The fourth-order valence-electron chi connectivity index (χ4n) is 17.1. The van der Waals surface area contributed by atoms with E-state index in [-0.39, 0.29) is 43.3 Å². The molecule has 4 bridgehead atoms. The number of H-pyrrole nitrogens is 1. The first-order valence-corrected chi connectivity index (χ1v) is 25.2. The zero-order chi connectivity index (χ0) is 48.9. The number of amides is 1. The van der Waals surface area contributed by atoms with Crippen LogP contribution in [0.2, 0.25) is 0 Å². The first-order valence-electron chi connectivity index (χ1n) is 25.2. The number of allylic oxidation sites excluding steroid dienone is 2. The second-order valence-electron chi connectivity index (χ2n) is 23.6. The van der Waals surface area contributed by atoms with Crippen LogP contribution < -0.4 is 11.1 Å². The van der Waals surface area contributed by atoms with Crippen LogP contribution in [0.3, 0.4) is 0 Å². The van der Waals surface area contributed by atoms with Gasteiger partial charge in [0.1, 0.15) is 24.5 Å². The SMILES string of the molecule is CC1(CO)CCC2(C(=O)O)CCC34CCC#CC(C5C(CO)C(=O)NC5C(CCC(N)O)c5cnc[nH]5)C5C(O)C(OC6OCC(O)C(O)C6O)C(C)(CO)C6CCC3(C)C(CC=C4C2C1)C56C. The molecule has 9 rings (SSSR count). The fourth-order valence-corrected chi connectivity index (χ4v) is 17.1. The van der Waals surface area contributed by atoms with Crippen LogP contribution in [-0.2, 0) is 19.1 Å². The Bertz CT molecular complexity index is 2150. The number of imidazole rings is 1. The number of aromatic nitrogens is 2. The quantitative estimate of drug-likeness (QED) is 0.0612. The average molecular weight is 953 g/mol. The van der Waals surface area contributed by atoms with Gasteiger partial charge in [-0.1, -0.05) is 45.3 Å². The highest BCUT2D eigenvalue weighted by atomic mass is 16.7. The van der Waals surface area contributed by atoms with Crippen molar-refractivity contribution >= 4 is 11.9 Å². The van der Waals surface area contributed by atoms with Crippen molar-refractivity contribution in [1.29, 1.82) is 0 Å². The minimum absolute atomic E-state index is 0.0423. The number of aliphatic hydroxyl groups is 8. The number of nitrogens with one attached hydrogen (secondary N) is 2. The first kappa shape index (κ1) is 50.0. The Kier molecular flexibility index (Phi) is 13.2. The van der Waals surface area contributed by atoms with E-state index in [0.717, 1.165) is 5.57 Å². The van der Waals surface area contributed by atoms with E-state index in [0.29, 0.717) is 76.3 Å². The molecule has 378 valence electrons. The van der Waals surface area contributed by atoms with Gasteiger partial charge in [0.15, 0.2) is 6.29 Å². The molecule has 1 aromatic rings. The molecule has 2 aliphatic heterocycles. The Labute approximate surface area is 398 Å². The molecule has 4 saturated carbocycles. The second kappa shape index (κ2) is 17.9. The summed E-state index contributed by atoms with van der Waals surface area (Å²) in [4.78, 5) is 35.4. The van der Waals surface area contributed by atoms with Crippen molar-refractivity contribution in [2.75, 3.05) is 26.4 Å².